The lowest BCUT2D eigenvalue weighted by atomic mass is 10.2. The van der Waals surface area contributed by atoms with Crippen LogP contribution in [0.2, 0.25) is 0 Å². The molecule has 0 saturated carbocycles. The zero-order chi connectivity index (χ0) is 12.0. The van der Waals surface area contributed by atoms with Gasteiger partial charge in [-0.3, -0.25) is 0 Å². The molecule has 0 bridgehead atoms. The second-order valence-electron chi connectivity index (χ2n) is 3.18. The van der Waals surface area contributed by atoms with Gasteiger partial charge in [-0.15, -0.1) is 0 Å². The second-order valence-corrected chi connectivity index (χ2v) is 4.04. The van der Waals surface area contributed by atoms with Crippen molar-refractivity contribution in [3.05, 3.63) is 28.2 Å². The van der Waals surface area contributed by atoms with Crippen LogP contribution in [0.4, 0.5) is 5.69 Å². The first-order valence-electron chi connectivity index (χ1n) is 4.87. The first-order chi connectivity index (χ1) is 7.66. The normalized spacial score (nSPS) is 10.1. The second kappa shape index (κ2) is 6.50. The maximum atomic E-state index is 11.6. The molecule has 0 aliphatic heterocycles. The average Bonchev–Trinajstić information content (AvgIpc) is 2.28. The average molecular weight is 288 g/mol. The lowest BCUT2D eigenvalue weighted by molar-refractivity contribution is 0.0469. The van der Waals surface area contributed by atoms with Gasteiger partial charge in [0.2, 0.25) is 0 Å². The smallest absolute Gasteiger partial charge is 0.340 e. The van der Waals surface area contributed by atoms with E-state index in [-0.39, 0.29) is 0 Å². The number of methoxy groups -OCH3 is 1. The highest BCUT2D eigenvalue weighted by Gasteiger charge is 2.12. The number of anilines is 1. The van der Waals surface area contributed by atoms with Gasteiger partial charge in [0, 0.05) is 24.6 Å². The number of hydrogen-bond acceptors (Lipinski definition) is 4. The van der Waals surface area contributed by atoms with E-state index >= 15 is 0 Å². The fraction of sp³-hybridized carbons (Fsp3) is 0.364. The maximum absolute atomic E-state index is 11.6. The molecule has 0 aliphatic rings. The SMILES string of the molecule is COCCCOC(=O)c1cccc(Br)c1N. The van der Waals surface area contributed by atoms with E-state index in [9.17, 15) is 4.79 Å². The minimum atomic E-state index is -0.407. The number of benzene rings is 1. The van der Waals surface area contributed by atoms with Crippen LogP contribution >= 0.6 is 15.9 Å². The Morgan fingerprint density at radius 1 is 1.44 bits per heavy atom. The van der Waals surface area contributed by atoms with Crippen molar-refractivity contribution < 1.29 is 14.3 Å². The number of hydrogen-bond donors (Lipinski definition) is 1. The van der Waals surface area contributed by atoms with Crippen molar-refractivity contribution >= 4 is 27.6 Å². The maximum Gasteiger partial charge on any atom is 0.340 e. The summed E-state index contributed by atoms with van der Waals surface area (Å²) < 4.78 is 10.6. The number of carbonyl (C=O) groups is 1. The topological polar surface area (TPSA) is 61.5 Å². The lowest BCUT2D eigenvalue weighted by Gasteiger charge is -2.07. The molecule has 0 heterocycles. The van der Waals surface area contributed by atoms with Crippen LogP contribution in [0, 0.1) is 0 Å². The van der Waals surface area contributed by atoms with Gasteiger partial charge in [-0.2, -0.15) is 0 Å². The molecule has 5 heteroatoms. The zero-order valence-corrected chi connectivity index (χ0v) is 10.6. The third-order valence-corrected chi connectivity index (χ3v) is 2.69. The molecule has 0 aliphatic carbocycles. The van der Waals surface area contributed by atoms with Crippen LogP contribution in [0.15, 0.2) is 22.7 Å². The number of halogens is 1. The van der Waals surface area contributed by atoms with Gasteiger partial charge in [0.25, 0.3) is 0 Å². The van der Waals surface area contributed by atoms with Crippen molar-refractivity contribution in [1.82, 2.24) is 0 Å². The van der Waals surface area contributed by atoms with Crippen molar-refractivity contribution in [2.24, 2.45) is 0 Å². The van der Waals surface area contributed by atoms with Crippen LogP contribution < -0.4 is 5.73 Å². The molecule has 88 valence electrons. The van der Waals surface area contributed by atoms with Gasteiger partial charge in [-0.25, -0.2) is 4.79 Å². The van der Waals surface area contributed by atoms with E-state index in [1.165, 1.54) is 0 Å². The molecule has 0 spiro atoms. The van der Waals surface area contributed by atoms with Crippen LogP contribution in [-0.2, 0) is 9.47 Å². The van der Waals surface area contributed by atoms with Gasteiger partial charge in [-0.05, 0) is 28.1 Å². The van der Waals surface area contributed by atoms with E-state index in [0.717, 1.165) is 0 Å². The number of nitrogens with two attached hydrogens (primary N) is 1. The van der Waals surface area contributed by atoms with Gasteiger partial charge in [0.1, 0.15) is 0 Å². The Morgan fingerprint density at radius 2 is 2.19 bits per heavy atom. The van der Waals surface area contributed by atoms with E-state index in [0.29, 0.717) is 35.4 Å². The summed E-state index contributed by atoms with van der Waals surface area (Å²) >= 11 is 3.25. The number of rotatable bonds is 5. The Balaban J connectivity index is 2.56. The van der Waals surface area contributed by atoms with E-state index < -0.39 is 5.97 Å². The summed E-state index contributed by atoms with van der Waals surface area (Å²) in [6.07, 6.45) is 0.677. The molecule has 1 rings (SSSR count). The van der Waals surface area contributed by atoms with E-state index in [4.69, 9.17) is 15.2 Å². The standard InChI is InChI=1S/C11H14BrNO3/c1-15-6-3-7-16-11(14)8-4-2-5-9(12)10(8)13/h2,4-5H,3,6-7,13H2,1H3. The van der Waals surface area contributed by atoms with Gasteiger partial charge in [-0.1, -0.05) is 6.07 Å². The third-order valence-electron chi connectivity index (χ3n) is 2.00. The van der Waals surface area contributed by atoms with Crippen LogP contribution in [0.25, 0.3) is 0 Å². The molecule has 0 radical (unpaired) electrons. The van der Waals surface area contributed by atoms with Crippen LogP contribution in [0.1, 0.15) is 16.8 Å². The molecule has 16 heavy (non-hydrogen) atoms. The highest BCUT2D eigenvalue weighted by molar-refractivity contribution is 9.10. The molecule has 0 amide bonds. The van der Waals surface area contributed by atoms with Gasteiger partial charge >= 0.3 is 5.97 Å². The predicted octanol–water partition coefficient (Wildman–Crippen LogP) is 2.22. The fourth-order valence-corrected chi connectivity index (χ4v) is 1.53. The quantitative estimate of drug-likeness (QED) is 0.512. The number of para-hydroxylation sites is 1. The summed E-state index contributed by atoms with van der Waals surface area (Å²) in [4.78, 5) is 11.6. The molecule has 0 aromatic heterocycles. The summed E-state index contributed by atoms with van der Waals surface area (Å²) in [5.41, 5.74) is 6.52. The van der Waals surface area contributed by atoms with Crippen molar-refractivity contribution in [1.29, 1.82) is 0 Å². The molecule has 0 fully saturated rings. The number of carbonyl (C=O) groups excluding carboxylic acids is 1. The largest absolute Gasteiger partial charge is 0.462 e. The molecule has 0 saturated heterocycles. The molecular weight excluding hydrogens is 274 g/mol. The lowest BCUT2D eigenvalue weighted by Crippen LogP contribution is -2.10. The number of ether oxygens (including phenoxy) is 2. The molecule has 0 atom stereocenters. The minimum Gasteiger partial charge on any atom is -0.462 e. The molecule has 1 aromatic carbocycles. The Kier molecular flexibility index (Phi) is 5.28. The molecule has 1 aromatic rings. The van der Waals surface area contributed by atoms with E-state index in [1.54, 1.807) is 25.3 Å². The summed E-state index contributed by atoms with van der Waals surface area (Å²) in [7, 11) is 1.61. The molecule has 2 N–H and O–H groups in total. The fourth-order valence-electron chi connectivity index (χ4n) is 1.16. The summed E-state index contributed by atoms with van der Waals surface area (Å²) in [5.74, 6) is -0.407. The Bertz CT molecular complexity index is 368. The molecule has 4 nitrogen and oxygen atoms in total. The van der Waals surface area contributed by atoms with Crippen molar-refractivity contribution in [3.63, 3.8) is 0 Å². The predicted molar refractivity (Wildman–Crippen MR) is 65.3 cm³/mol. The van der Waals surface area contributed by atoms with Crippen molar-refractivity contribution in [2.45, 2.75) is 6.42 Å². The summed E-state index contributed by atoms with van der Waals surface area (Å²) in [6, 6.07) is 5.15. The van der Waals surface area contributed by atoms with Crippen molar-refractivity contribution in [3.8, 4) is 0 Å². The van der Waals surface area contributed by atoms with Crippen LogP contribution in [0.5, 0.6) is 0 Å². The molecular formula is C11H14BrNO3. The monoisotopic (exact) mass is 287 g/mol. The third kappa shape index (κ3) is 3.50. The minimum absolute atomic E-state index is 0.332. The Labute approximate surface area is 103 Å². The highest BCUT2D eigenvalue weighted by atomic mass is 79.9. The van der Waals surface area contributed by atoms with Crippen LogP contribution in [0.3, 0.4) is 0 Å². The first kappa shape index (κ1) is 13.0. The van der Waals surface area contributed by atoms with E-state index in [1.807, 2.05) is 0 Å². The van der Waals surface area contributed by atoms with E-state index in [2.05, 4.69) is 15.9 Å². The Hall–Kier alpha value is -1.07. The number of nitrogen functional groups attached to an aromatic ring is 1. The highest BCUT2D eigenvalue weighted by Crippen LogP contribution is 2.23. The number of esters is 1. The molecule has 0 unspecified atom stereocenters. The van der Waals surface area contributed by atoms with Crippen molar-refractivity contribution in [2.75, 3.05) is 26.1 Å². The van der Waals surface area contributed by atoms with Gasteiger partial charge in [0.05, 0.1) is 17.9 Å². The first-order valence-corrected chi connectivity index (χ1v) is 5.66. The zero-order valence-electron chi connectivity index (χ0n) is 9.03. The Morgan fingerprint density at radius 3 is 2.88 bits per heavy atom. The summed E-state index contributed by atoms with van der Waals surface area (Å²) in [6.45, 7) is 0.903. The van der Waals surface area contributed by atoms with Crippen LogP contribution in [-0.4, -0.2) is 26.3 Å². The summed E-state index contributed by atoms with van der Waals surface area (Å²) in [5, 5.41) is 0. The van der Waals surface area contributed by atoms with Gasteiger partial charge < -0.3 is 15.2 Å². The van der Waals surface area contributed by atoms with Gasteiger partial charge in [0.15, 0.2) is 0 Å².